The molecular weight excluding hydrogens is 324 g/mol. The fourth-order valence-corrected chi connectivity index (χ4v) is 2.80. The molecule has 0 bridgehead atoms. The summed E-state index contributed by atoms with van der Waals surface area (Å²) in [7, 11) is 1.49. The maximum atomic E-state index is 12.5. The highest BCUT2D eigenvalue weighted by Gasteiger charge is 2.33. The van der Waals surface area contributed by atoms with Gasteiger partial charge in [0.25, 0.3) is 5.91 Å². The van der Waals surface area contributed by atoms with E-state index in [4.69, 9.17) is 9.84 Å². The number of likely N-dealkylation sites (N-methyl/N-ethyl adjacent to an activating group) is 1. The van der Waals surface area contributed by atoms with Crippen molar-refractivity contribution in [1.82, 2.24) is 9.80 Å². The zero-order chi connectivity index (χ0) is 18.4. The fourth-order valence-electron chi connectivity index (χ4n) is 2.80. The zero-order valence-corrected chi connectivity index (χ0v) is 14.6. The molecule has 25 heavy (non-hydrogen) atoms. The molecule has 1 saturated heterocycles. The first kappa shape index (κ1) is 18.8. The van der Waals surface area contributed by atoms with Crippen LogP contribution < -0.4 is 4.74 Å². The molecule has 1 fully saturated rings. The van der Waals surface area contributed by atoms with Gasteiger partial charge in [-0.05, 0) is 31.9 Å². The van der Waals surface area contributed by atoms with Crippen molar-refractivity contribution in [3.63, 3.8) is 0 Å². The number of para-hydroxylation sites is 1. The summed E-state index contributed by atoms with van der Waals surface area (Å²) in [5.41, 5.74) is 0. The highest BCUT2D eigenvalue weighted by molar-refractivity contribution is 5.85. The lowest BCUT2D eigenvalue weighted by Gasteiger charge is -2.34. The van der Waals surface area contributed by atoms with Crippen molar-refractivity contribution in [3.8, 4) is 5.75 Å². The van der Waals surface area contributed by atoms with Crippen molar-refractivity contribution < 1.29 is 24.2 Å². The van der Waals surface area contributed by atoms with Crippen LogP contribution in [0.2, 0.25) is 0 Å². The second-order valence-corrected chi connectivity index (χ2v) is 6.24. The van der Waals surface area contributed by atoms with Crippen LogP contribution in [0.1, 0.15) is 19.8 Å². The van der Waals surface area contributed by atoms with Crippen molar-refractivity contribution >= 4 is 17.8 Å². The minimum atomic E-state index is -1.05. The quantitative estimate of drug-likeness (QED) is 0.836. The summed E-state index contributed by atoms with van der Waals surface area (Å²) in [5.74, 6) is -1.21. The Morgan fingerprint density at radius 1 is 1.32 bits per heavy atom. The predicted octanol–water partition coefficient (Wildman–Crippen LogP) is 1.24. The van der Waals surface area contributed by atoms with Crippen LogP contribution in [0.15, 0.2) is 30.3 Å². The molecule has 2 unspecified atom stereocenters. The smallest absolute Gasteiger partial charge is 0.326 e. The van der Waals surface area contributed by atoms with Crippen LogP contribution >= 0.6 is 0 Å². The van der Waals surface area contributed by atoms with Crippen LogP contribution in [0.25, 0.3) is 0 Å². The third-order valence-electron chi connectivity index (χ3n) is 4.51. The summed E-state index contributed by atoms with van der Waals surface area (Å²) < 4.78 is 5.47. The van der Waals surface area contributed by atoms with Gasteiger partial charge in [0, 0.05) is 20.1 Å². The van der Waals surface area contributed by atoms with Crippen LogP contribution in [0.4, 0.5) is 0 Å². The summed E-state index contributed by atoms with van der Waals surface area (Å²) in [6, 6.07) is 8.18. The molecule has 2 rings (SSSR count). The standard InChI is InChI=1S/C18H24N2O5/c1-13(18(23)24)19(2)17(22)14-7-6-10-20(11-14)16(21)12-25-15-8-4-3-5-9-15/h3-5,8-9,13-14H,6-7,10-12H2,1-2H3,(H,23,24). The normalized spacial score (nSPS) is 18.3. The predicted molar refractivity (Wildman–Crippen MR) is 91.1 cm³/mol. The first-order chi connectivity index (χ1) is 11.9. The van der Waals surface area contributed by atoms with Gasteiger partial charge in [-0.3, -0.25) is 9.59 Å². The van der Waals surface area contributed by atoms with Gasteiger partial charge in [-0.15, -0.1) is 0 Å². The maximum Gasteiger partial charge on any atom is 0.326 e. The Kier molecular flexibility index (Phi) is 6.38. The van der Waals surface area contributed by atoms with Crippen molar-refractivity contribution in [2.24, 2.45) is 5.92 Å². The highest BCUT2D eigenvalue weighted by Crippen LogP contribution is 2.20. The molecule has 0 aliphatic carbocycles. The van der Waals surface area contributed by atoms with Gasteiger partial charge in [0.2, 0.25) is 5.91 Å². The van der Waals surface area contributed by atoms with Crippen LogP contribution in [0.3, 0.4) is 0 Å². The van der Waals surface area contributed by atoms with Gasteiger partial charge in [0.05, 0.1) is 5.92 Å². The minimum absolute atomic E-state index is 0.0771. The molecule has 1 aromatic rings. The third-order valence-corrected chi connectivity index (χ3v) is 4.51. The van der Waals surface area contributed by atoms with Crippen molar-refractivity contribution in [2.75, 3.05) is 26.7 Å². The number of likely N-dealkylation sites (tertiary alicyclic amines) is 1. The summed E-state index contributed by atoms with van der Waals surface area (Å²) >= 11 is 0. The van der Waals surface area contributed by atoms with E-state index < -0.39 is 12.0 Å². The Balaban J connectivity index is 1.90. The fraction of sp³-hybridized carbons (Fsp3) is 0.500. The van der Waals surface area contributed by atoms with E-state index in [2.05, 4.69) is 0 Å². The van der Waals surface area contributed by atoms with Gasteiger partial charge in [0.15, 0.2) is 6.61 Å². The molecule has 1 N–H and O–H groups in total. The number of carbonyl (C=O) groups is 3. The lowest BCUT2D eigenvalue weighted by atomic mass is 9.96. The Labute approximate surface area is 147 Å². The molecule has 2 amide bonds. The summed E-state index contributed by atoms with van der Waals surface area (Å²) in [5, 5.41) is 9.04. The Bertz CT molecular complexity index is 619. The summed E-state index contributed by atoms with van der Waals surface area (Å²) in [6.07, 6.45) is 1.36. The SMILES string of the molecule is CC(C(=O)O)N(C)C(=O)C1CCCN(C(=O)COc2ccccc2)C1. The molecule has 0 saturated carbocycles. The van der Waals surface area contributed by atoms with Crippen LogP contribution in [-0.2, 0) is 14.4 Å². The monoisotopic (exact) mass is 348 g/mol. The van der Waals surface area contributed by atoms with E-state index in [1.54, 1.807) is 17.0 Å². The molecule has 1 heterocycles. The molecule has 7 nitrogen and oxygen atoms in total. The van der Waals surface area contributed by atoms with Gasteiger partial charge in [-0.1, -0.05) is 18.2 Å². The van der Waals surface area contributed by atoms with Crippen LogP contribution in [0.5, 0.6) is 5.75 Å². The number of piperidine rings is 1. The summed E-state index contributed by atoms with van der Waals surface area (Å²) in [4.78, 5) is 38.7. The molecule has 2 atom stereocenters. The maximum absolute atomic E-state index is 12.5. The molecule has 0 spiro atoms. The van der Waals surface area contributed by atoms with Gasteiger partial charge >= 0.3 is 5.97 Å². The van der Waals surface area contributed by atoms with E-state index in [-0.39, 0.29) is 24.3 Å². The van der Waals surface area contributed by atoms with Crippen LogP contribution in [0, 0.1) is 5.92 Å². The molecule has 1 aliphatic heterocycles. The topological polar surface area (TPSA) is 87.2 Å². The number of benzene rings is 1. The van der Waals surface area contributed by atoms with E-state index in [1.165, 1.54) is 18.9 Å². The second-order valence-electron chi connectivity index (χ2n) is 6.24. The van der Waals surface area contributed by atoms with E-state index >= 15 is 0 Å². The Hall–Kier alpha value is -2.57. The molecule has 136 valence electrons. The number of nitrogens with zero attached hydrogens (tertiary/aromatic N) is 2. The molecule has 1 aromatic carbocycles. The first-order valence-corrected chi connectivity index (χ1v) is 8.35. The minimum Gasteiger partial charge on any atom is -0.484 e. The van der Waals surface area contributed by atoms with Gasteiger partial charge in [-0.25, -0.2) is 4.79 Å². The molecule has 0 aromatic heterocycles. The number of hydrogen-bond acceptors (Lipinski definition) is 4. The van der Waals surface area contributed by atoms with E-state index in [9.17, 15) is 14.4 Å². The molecular formula is C18H24N2O5. The summed E-state index contributed by atoms with van der Waals surface area (Å²) in [6.45, 7) is 2.28. The number of carbonyl (C=O) groups excluding carboxylic acids is 2. The lowest BCUT2D eigenvalue weighted by Crippen LogP contribution is -2.50. The average molecular weight is 348 g/mol. The van der Waals surface area contributed by atoms with E-state index in [0.29, 0.717) is 31.7 Å². The second kappa shape index (κ2) is 8.50. The first-order valence-electron chi connectivity index (χ1n) is 8.35. The number of carboxylic acids is 1. The number of ether oxygens (including phenoxy) is 1. The lowest BCUT2D eigenvalue weighted by molar-refractivity contribution is -0.151. The molecule has 0 radical (unpaired) electrons. The van der Waals surface area contributed by atoms with Crippen LogP contribution in [-0.4, -0.2) is 65.5 Å². The molecule has 1 aliphatic rings. The zero-order valence-electron chi connectivity index (χ0n) is 14.6. The number of carboxylic acid groups (broad SMARTS) is 1. The third kappa shape index (κ3) is 4.95. The van der Waals surface area contributed by atoms with Crippen molar-refractivity contribution in [3.05, 3.63) is 30.3 Å². The van der Waals surface area contributed by atoms with Crippen molar-refractivity contribution in [1.29, 1.82) is 0 Å². The van der Waals surface area contributed by atoms with E-state index in [0.717, 1.165) is 0 Å². The largest absolute Gasteiger partial charge is 0.484 e. The van der Waals surface area contributed by atoms with Crippen molar-refractivity contribution in [2.45, 2.75) is 25.8 Å². The van der Waals surface area contributed by atoms with Gasteiger partial charge in [-0.2, -0.15) is 0 Å². The Morgan fingerprint density at radius 2 is 2.00 bits per heavy atom. The number of aliphatic carboxylic acids is 1. The van der Waals surface area contributed by atoms with Gasteiger partial charge < -0.3 is 19.6 Å². The highest BCUT2D eigenvalue weighted by atomic mass is 16.5. The number of hydrogen-bond donors (Lipinski definition) is 1. The number of rotatable bonds is 6. The van der Waals surface area contributed by atoms with Gasteiger partial charge in [0.1, 0.15) is 11.8 Å². The molecule has 7 heteroatoms. The Morgan fingerprint density at radius 3 is 2.64 bits per heavy atom. The van der Waals surface area contributed by atoms with E-state index in [1.807, 2.05) is 18.2 Å². The average Bonchev–Trinajstić information content (AvgIpc) is 2.65. The number of amides is 2.